The molecule has 0 bridgehead atoms. The fourth-order valence-corrected chi connectivity index (χ4v) is 6.97. The Bertz CT molecular complexity index is 920. The predicted octanol–water partition coefficient (Wildman–Crippen LogP) is 2.92. The van der Waals surface area contributed by atoms with Crippen molar-refractivity contribution in [3.05, 3.63) is 36.7 Å². The van der Waals surface area contributed by atoms with Crippen molar-refractivity contribution < 1.29 is 13.2 Å². The van der Waals surface area contributed by atoms with Crippen molar-refractivity contribution >= 4 is 20.8 Å². The van der Waals surface area contributed by atoms with E-state index >= 15 is 0 Å². The number of methoxy groups -OCH3 is 1. The highest BCUT2D eigenvalue weighted by Crippen LogP contribution is 2.63. The van der Waals surface area contributed by atoms with Crippen LogP contribution in [0.15, 0.2) is 41.6 Å². The SMILES string of the molecule is COC[C@@]12CN(S(=O)(=O)c3cccc4cnccc34)C[C@@H]1C(C)(C)C2. The van der Waals surface area contributed by atoms with Gasteiger partial charge < -0.3 is 4.74 Å². The van der Waals surface area contributed by atoms with E-state index in [9.17, 15) is 8.42 Å². The Kier molecular flexibility index (Phi) is 3.72. The third kappa shape index (κ3) is 2.42. The van der Waals surface area contributed by atoms with E-state index in [1.54, 1.807) is 42.0 Å². The molecule has 2 atom stereocenters. The highest BCUT2D eigenvalue weighted by atomic mass is 32.2. The van der Waals surface area contributed by atoms with Crippen molar-refractivity contribution in [3.8, 4) is 0 Å². The van der Waals surface area contributed by atoms with Crippen LogP contribution >= 0.6 is 0 Å². The Labute approximate surface area is 149 Å². The van der Waals surface area contributed by atoms with E-state index < -0.39 is 10.0 Å². The van der Waals surface area contributed by atoms with Crippen LogP contribution in [0.2, 0.25) is 0 Å². The molecule has 2 aromatic rings. The van der Waals surface area contributed by atoms with Crippen LogP contribution in [0.5, 0.6) is 0 Å². The molecule has 6 heteroatoms. The minimum Gasteiger partial charge on any atom is -0.384 e. The fourth-order valence-electron chi connectivity index (χ4n) is 5.20. The minimum atomic E-state index is -3.55. The van der Waals surface area contributed by atoms with Crippen molar-refractivity contribution in [2.24, 2.45) is 16.7 Å². The molecule has 1 aliphatic heterocycles. The van der Waals surface area contributed by atoms with Crippen molar-refractivity contribution in [1.82, 2.24) is 9.29 Å². The summed E-state index contributed by atoms with van der Waals surface area (Å²) in [4.78, 5) is 4.47. The third-order valence-electron chi connectivity index (χ3n) is 6.06. The number of sulfonamides is 1. The summed E-state index contributed by atoms with van der Waals surface area (Å²) < 4.78 is 33.9. The van der Waals surface area contributed by atoms with Gasteiger partial charge in [-0.15, -0.1) is 0 Å². The second-order valence-electron chi connectivity index (χ2n) is 8.16. The second kappa shape index (κ2) is 5.50. The van der Waals surface area contributed by atoms with Crippen LogP contribution in [-0.4, -0.2) is 44.5 Å². The first kappa shape index (κ1) is 16.9. The average Bonchev–Trinajstić information content (AvgIpc) is 2.90. The number of hydrogen-bond donors (Lipinski definition) is 0. The Morgan fingerprint density at radius 2 is 2.12 bits per heavy atom. The molecule has 1 saturated carbocycles. The summed E-state index contributed by atoms with van der Waals surface area (Å²) in [6.07, 6.45) is 4.35. The molecule has 4 rings (SSSR count). The number of benzene rings is 1. The van der Waals surface area contributed by atoms with Crippen LogP contribution in [0.25, 0.3) is 10.8 Å². The number of hydrogen-bond acceptors (Lipinski definition) is 4. The lowest BCUT2D eigenvalue weighted by molar-refractivity contribution is -0.106. The van der Waals surface area contributed by atoms with Gasteiger partial charge in [-0.1, -0.05) is 26.0 Å². The zero-order chi connectivity index (χ0) is 17.9. The van der Waals surface area contributed by atoms with E-state index in [0.29, 0.717) is 30.5 Å². The Morgan fingerprint density at radius 3 is 2.84 bits per heavy atom. The van der Waals surface area contributed by atoms with E-state index in [-0.39, 0.29) is 10.8 Å². The van der Waals surface area contributed by atoms with Crippen molar-refractivity contribution in [1.29, 1.82) is 0 Å². The zero-order valence-corrected chi connectivity index (χ0v) is 15.7. The van der Waals surface area contributed by atoms with Gasteiger partial charge in [0.2, 0.25) is 10.0 Å². The van der Waals surface area contributed by atoms with Crippen molar-refractivity contribution in [2.45, 2.75) is 25.2 Å². The molecule has 1 aliphatic carbocycles. The lowest BCUT2D eigenvalue weighted by Crippen LogP contribution is -2.55. The molecule has 5 nitrogen and oxygen atoms in total. The maximum absolute atomic E-state index is 13.4. The molecule has 134 valence electrons. The molecule has 1 aromatic carbocycles. The summed E-state index contributed by atoms with van der Waals surface area (Å²) in [5.41, 5.74) is 0.114. The van der Waals surface area contributed by atoms with Gasteiger partial charge in [0.25, 0.3) is 0 Å². The van der Waals surface area contributed by atoms with Crippen LogP contribution in [0.3, 0.4) is 0 Å². The summed E-state index contributed by atoms with van der Waals surface area (Å²) >= 11 is 0. The van der Waals surface area contributed by atoms with Gasteiger partial charge >= 0.3 is 0 Å². The van der Waals surface area contributed by atoms with Crippen molar-refractivity contribution in [2.75, 3.05) is 26.8 Å². The molecule has 0 spiro atoms. The molecule has 2 fully saturated rings. The second-order valence-corrected chi connectivity index (χ2v) is 10.1. The summed E-state index contributed by atoms with van der Waals surface area (Å²) in [6, 6.07) is 7.16. The molecule has 25 heavy (non-hydrogen) atoms. The first-order chi connectivity index (χ1) is 11.8. The number of pyridine rings is 1. The maximum atomic E-state index is 13.4. The largest absolute Gasteiger partial charge is 0.384 e. The summed E-state index contributed by atoms with van der Waals surface area (Å²) in [5.74, 6) is 0.339. The topological polar surface area (TPSA) is 59.5 Å². The summed E-state index contributed by atoms with van der Waals surface area (Å²) in [6.45, 7) is 6.18. The van der Waals surface area contributed by atoms with E-state index in [1.807, 2.05) is 6.07 Å². The van der Waals surface area contributed by atoms with Gasteiger partial charge in [-0.2, -0.15) is 4.31 Å². The van der Waals surface area contributed by atoms with Crippen LogP contribution in [0.1, 0.15) is 20.3 Å². The van der Waals surface area contributed by atoms with E-state index in [2.05, 4.69) is 18.8 Å². The van der Waals surface area contributed by atoms with E-state index in [1.165, 1.54) is 0 Å². The molecule has 0 amide bonds. The van der Waals surface area contributed by atoms with Gasteiger partial charge in [0.1, 0.15) is 0 Å². The smallest absolute Gasteiger partial charge is 0.243 e. The molecule has 0 N–H and O–H groups in total. The Morgan fingerprint density at radius 1 is 1.32 bits per heavy atom. The third-order valence-corrected chi connectivity index (χ3v) is 7.93. The van der Waals surface area contributed by atoms with Gasteiger partial charge in [0.05, 0.1) is 11.5 Å². The quantitative estimate of drug-likeness (QED) is 0.841. The Balaban J connectivity index is 1.74. The monoisotopic (exact) mass is 360 g/mol. The van der Waals surface area contributed by atoms with E-state index in [0.717, 1.165) is 17.2 Å². The standard InChI is InChI=1S/C19H24N2O3S/c1-18(2)11-19(13-24-3)12-21(10-17(18)19)25(22,23)16-6-4-5-14-9-20-8-7-15(14)16/h4-9,17H,10-13H2,1-3H3/t17-,19-/m1/s1. The number of rotatable bonds is 4. The molecule has 2 aliphatic rings. The Hall–Kier alpha value is -1.50. The van der Waals surface area contributed by atoms with Gasteiger partial charge in [-0.05, 0) is 29.9 Å². The van der Waals surface area contributed by atoms with E-state index in [4.69, 9.17) is 4.74 Å². The first-order valence-corrected chi connectivity index (χ1v) is 10.1. The minimum absolute atomic E-state index is 0.0442. The van der Waals surface area contributed by atoms with Gasteiger partial charge in [0, 0.05) is 48.8 Å². The number of ether oxygens (including phenoxy) is 1. The number of nitrogens with zero attached hydrogens (tertiary/aromatic N) is 2. The van der Waals surface area contributed by atoms with Crippen LogP contribution in [0, 0.1) is 16.7 Å². The zero-order valence-electron chi connectivity index (χ0n) is 14.9. The maximum Gasteiger partial charge on any atom is 0.243 e. The van der Waals surface area contributed by atoms with Gasteiger partial charge in [-0.3, -0.25) is 4.98 Å². The number of fused-ring (bicyclic) bond motifs is 2. The lowest BCUT2D eigenvalue weighted by atomic mass is 9.48. The molecule has 1 aromatic heterocycles. The van der Waals surface area contributed by atoms with Crippen LogP contribution in [0.4, 0.5) is 0 Å². The lowest BCUT2D eigenvalue weighted by Gasteiger charge is -2.56. The highest BCUT2D eigenvalue weighted by Gasteiger charge is 2.64. The highest BCUT2D eigenvalue weighted by molar-refractivity contribution is 7.89. The van der Waals surface area contributed by atoms with Crippen LogP contribution in [-0.2, 0) is 14.8 Å². The normalized spacial score (nSPS) is 28.7. The molecule has 0 radical (unpaired) electrons. The van der Waals surface area contributed by atoms with Crippen LogP contribution < -0.4 is 0 Å². The predicted molar refractivity (Wildman–Crippen MR) is 96.7 cm³/mol. The molecule has 2 heterocycles. The fraction of sp³-hybridized carbons (Fsp3) is 0.526. The summed E-state index contributed by atoms with van der Waals surface area (Å²) in [5, 5.41) is 1.58. The molecule has 0 unspecified atom stereocenters. The summed E-state index contributed by atoms with van der Waals surface area (Å²) in [7, 11) is -1.85. The van der Waals surface area contributed by atoms with Gasteiger partial charge in [0.15, 0.2) is 0 Å². The van der Waals surface area contributed by atoms with Gasteiger partial charge in [-0.25, -0.2) is 8.42 Å². The number of aromatic nitrogens is 1. The van der Waals surface area contributed by atoms with Crippen molar-refractivity contribution in [3.63, 3.8) is 0 Å². The molecular formula is C19H24N2O3S. The first-order valence-electron chi connectivity index (χ1n) is 8.62. The molecule has 1 saturated heterocycles. The average molecular weight is 360 g/mol. The molecular weight excluding hydrogens is 336 g/mol.